The van der Waals surface area contributed by atoms with Gasteiger partial charge in [-0.2, -0.15) is 5.10 Å². The van der Waals surface area contributed by atoms with Crippen LogP contribution in [-0.2, 0) is 0 Å². The predicted molar refractivity (Wildman–Crippen MR) is 58.6 cm³/mol. The van der Waals surface area contributed by atoms with Gasteiger partial charge in [0.1, 0.15) is 5.03 Å². The SMILES string of the molecule is CC(C)c1ccc(SSS)nn1. The zero-order valence-corrected chi connectivity index (χ0v) is 9.42. The lowest BCUT2D eigenvalue weighted by molar-refractivity contribution is 0.763. The van der Waals surface area contributed by atoms with Gasteiger partial charge < -0.3 is 0 Å². The van der Waals surface area contributed by atoms with E-state index in [2.05, 4.69) is 35.7 Å². The van der Waals surface area contributed by atoms with Crippen molar-refractivity contribution in [2.24, 2.45) is 0 Å². The fraction of sp³-hybridized carbons (Fsp3) is 0.429. The zero-order chi connectivity index (χ0) is 8.97. The van der Waals surface area contributed by atoms with E-state index in [-0.39, 0.29) is 0 Å². The fourth-order valence-electron chi connectivity index (χ4n) is 0.721. The van der Waals surface area contributed by atoms with Crippen LogP contribution < -0.4 is 0 Å². The first-order valence-corrected chi connectivity index (χ1v) is 6.76. The van der Waals surface area contributed by atoms with Crippen molar-refractivity contribution in [2.75, 3.05) is 0 Å². The summed E-state index contributed by atoms with van der Waals surface area (Å²) < 4.78 is 0. The highest BCUT2D eigenvalue weighted by Crippen LogP contribution is 2.31. The quantitative estimate of drug-likeness (QED) is 0.622. The van der Waals surface area contributed by atoms with Crippen LogP contribution in [0, 0.1) is 0 Å². The first-order chi connectivity index (χ1) is 5.74. The van der Waals surface area contributed by atoms with Gasteiger partial charge >= 0.3 is 0 Å². The summed E-state index contributed by atoms with van der Waals surface area (Å²) in [6, 6.07) is 3.97. The lowest BCUT2D eigenvalue weighted by Crippen LogP contribution is -1.94. The van der Waals surface area contributed by atoms with E-state index in [0.29, 0.717) is 5.92 Å². The van der Waals surface area contributed by atoms with E-state index in [1.807, 2.05) is 12.1 Å². The third kappa shape index (κ3) is 2.88. The second kappa shape index (κ2) is 4.99. The Morgan fingerprint density at radius 1 is 1.33 bits per heavy atom. The number of rotatable bonds is 3. The number of hydrogen-bond acceptors (Lipinski definition) is 5. The van der Waals surface area contributed by atoms with Crippen LogP contribution in [0.2, 0.25) is 0 Å². The molecule has 0 N–H and O–H groups in total. The van der Waals surface area contributed by atoms with Gasteiger partial charge in [-0.25, -0.2) is 0 Å². The highest BCUT2D eigenvalue weighted by Gasteiger charge is 2.01. The van der Waals surface area contributed by atoms with Gasteiger partial charge in [0.05, 0.1) is 5.69 Å². The summed E-state index contributed by atoms with van der Waals surface area (Å²) in [5.41, 5.74) is 1.03. The monoisotopic (exact) mass is 218 g/mol. The van der Waals surface area contributed by atoms with Crippen LogP contribution in [0.25, 0.3) is 0 Å². The molecule has 0 amide bonds. The summed E-state index contributed by atoms with van der Waals surface area (Å²) in [5, 5.41) is 9.01. The van der Waals surface area contributed by atoms with Crippen LogP contribution in [0.5, 0.6) is 0 Å². The molecule has 1 rings (SSSR count). The van der Waals surface area contributed by atoms with Gasteiger partial charge in [-0.05, 0) is 38.7 Å². The van der Waals surface area contributed by atoms with Crippen LogP contribution in [0.15, 0.2) is 17.2 Å². The minimum absolute atomic E-state index is 0.445. The van der Waals surface area contributed by atoms with Gasteiger partial charge in [-0.3, -0.25) is 0 Å². The van der Waals surface area contributed by atoms with Crippen LogP contribution in [0.1, 0.15) is 25.5 Å². The predicted octanol–water partition coefficient (Wildman–Crippen LogP) is 3.19. The summed E-state index contributed by atoms with van der Waals surface area (Å²) in [6.45, 7) is 4.20. The molecule has 0 spiro atoms. The molecule has 1 heterocycles. The summed E-state index contributed by atoms with van der Waals surface area (Å²) in [6.07, 6.45) is 0. The molecule has 2 nitrogen and oxygen atoms in total. The number of nitrogens with zero attached hydrogens (tertiary/aromatic N) is 2. The van der Waals surface area contributed by atoms with Gasteiger partial charge in [-0.15, -0.1) is 5.10 Å². The smallest absolute Gasteiger partial charge is 0.130 e. The minimum atomic E-state index is 0.445. The van der Waals surface area contributed by atoms with Crippen LogP contribution >= 0.6 is 32.3 Å². The molecule has 0 aliphatic heterocycles. The maximum atomic E-state index is 4.08. The summed E-state index contributed by atoms with van der Waals surface area (Å²) in [5.74, 6) is 0.445. The minimum Gasteiger partial charge on any atom is -0.154 e. The average molecular weight is 218 g/mol. The second-order valence-corrected chi connectivity index (χ2v) is 5.63. The van der Waals surface area contributed by atoms with E-state index < -0.39 is 0 Å². The number of aromatic nitrogens is 2. The van der Waals surface area contributed by atoms with E-state index in [9.17, 15) is 0 Å². The van der Waals surface area contributed by atoms with Gasteiger partial charge in [0.15, 0.2) is 0 Å². The Morgan fingerprint density at radius 3 is 2.50 bits per heavy atom. The maximum absolute atomic E-state index is 4.08. The van der Waals surface area contributed by atoms with Crippen molar-refractivity contribution in [1.29, 1.82) is 0 Å². The molecule has 0 aliphatic rings. The molecule has 5 heteroatoms. The molecule has 1 aromatic heterocycles. The average Bonchev–Trinajstić information content (AvgIpc) is 2.06. The number of thiol groups is 1. The number of hydrogen-bond donors (Lipinski definition) is 1. The second-order valence-electron chi connectivity index (χ2n) is 2.61. The van der Waals surface area contributed by atoms with Gasteiger partial charge in [0.25, 0.3) is 0 Å². The topological polar surface area (TPSA) is 25.8 Å². The molecule has 0 atom stereocenters. The van der Waals surface area contributed by atoms with Gasteiger partial charge in [-0.1, -0.05) is 25.5 Å². The normalized spacial score (nSPS) is 10.7. The summed E-state index contributed by atoms with van der Waals surface area (Å²) in [7, 11) is 2.88. The third-order valence-electron chi connectivity index (χ3n) is 1.37. The van der Waals surface area contributed by atoms with Crippen molar-refractivity contribution in [3.63, 3.8) is 0 Å². The van der Waals surface area contributed by atoms with Crippen LogP contribution in [0.4, 0.5) is 0 Å². The lowest BCUT2D eigenvalue weighted by atomic mass is 10.1. The highest BCUT2D eigenvalue weighted by atomic mass is 33.5. The highest BCUT2D eigenvalue weighted by molar-refractivity contribution is 9.05. The van der Waals surface area contributed by atoms with E-state index in [4.69, 9.17) is 0 Å². The van der Waals surface area contributed by atoms with Crippen molar-refractivity contribution in [2.45, 2.75) is 24.8 Å². The first kappa shape index (κ1) is 10.2. The van der Waals surface area contributed by atoms with E-state index >= 15 is 0 Å². The van der Waals surface area contributed by atoms with Gasteiger partial charge in [0, 0.05) is 0 Å². The largest absolute Gasteiger partial charge is 0.154 e. The molecule has 12 heavy (non-hydrogen) atoms. The summed E-state index contributed by atoms with van der Waals surface area (Å²) >= 11 is 4.01. The lowest BCUT2D eigenvalue weighted by Gasteiger charge is -2.02. The van der Waals surface area contributed by atoms with Crippen molar-refractivity contribution in [1.82, 2.24) is 10.2 Å². The maximum Gasteiger partial charge on any atom is 0.130 e. The Bertz CT molecular complexity index is 235. The molecule has 1 aromatic rings. The van der Waals surface area contributed by atoms with Crippen molar-refractivity contribution < 1.29 is 0 Å². The summed E-state index contributed by atoms with van der Waals surface area (Å²) in [4.78, 5) is 0. The Balaban J connectivity index is 2.71. The Morgan fingerprint density at radius 2 is 2.08 bits per heavy atom. The molecule has 0 radical (unpaired) electrons. The molecule has 0 fully saturated rings. The van der Waals surface area contributed by atoms with Crippen molar-refractivity contribution in [3.8, 4) is 0 Å². The molecular formula is C7H10N2S3. The Kier molecular flexibility index (Phi) is 4.25. The van der Waals surface area contributed by atoms with Crippen molar-refractivity contribution in [3.05, 3.63) is 17.8 Å². The van der Waals surface area contributed by atoms with Gasteiger partial charge in [0.2, 0.25) is 0 Å². The third-order valence-corrected chi connectivity index (χ3v) is 3.24. The molecule has 0 saturated heterocycles. The van der Waals surface area contributed by atoms with E-state index in [0.717, 1.165) is 10.7 Å². The molecule has 0 aliphatic carbocycles. The van der Waals surface area contributed by atoms with Crippen LogP contribution in [-0.4, -0.2) is 10.2 Å². The zero-order valence-electron chi connectivity index (χ0n) is 6.89. The molecular weight excluding hydrogens is 208 g/mol. The Hall–Kier alpha value is 0.130. The van der Waals surface area contributed by atoms with Crippen molar-refractivity contribution >= 4 is 32.3 Å². The van der Waals surface area contributed by atoms with E-state index in [1.165, 1.54) is 20.6 Å². The van der Waals surface area contributed by atoms with E-state index in [1.54, 1.807) is 0 Å². The molecule has 0 saturated carbocycles. The standard InChI is InChI=1S/C7H10N2S3/c1-5(2)6-3-4-7(9-8-6)11-12-10/h3-5,10H,1-2H3. The molecule has 0 aromatic carbocycles. The molecule has 66 valence electrons. The first-order valence-electron chi connectivity index (χ1n) is 3.55. The molecule has 0 unspecified atom stereocenters. The molecule has 0 bridgehead atoms. The van der Waals surface area contributed by atoms with Crippen LogP contribution in [0.3, 0.4) is 0 Å². The Labute approximate surface area is 85.1 Å². The fourth-order valence-corrected chi connectivity index (χ4v) is 2.18.